The van der Waals surface area contributed by atoms with E-state index in [1.807, 2.05) is 19.1 Å². The molecule has 1 aromatic carbocycles. The van der Waals surface area contributed by atoms with E-state index in [9.17, 15) is 14.3 Å². The van der Waals surface area contributed by atoms with E-state index in [-0.39, 0.29) is 28.9 Å². The Morgan fingerprint density at radius 2 is 1.58 bits per heavy atom. The van der Waals surface area contributed by atoms with E-state index in [4.69, 9.17) is 0 Å². The quantitative estimate of drug-likeness (QED) is 0.710. The first-order chi connectivity index (χ1) is 11.8. The van der Waals surface area contributed by atoms with Crippen LogP contribution < -0.4 is 0 Å². The molecule has 0 saturated carbocycles. The maximum atomic E-state index is 13.9. The van der Waals surface area contributed by atoms with Gasteiger partial charge in [0.05, 0.1) is 0 Å². The fourth-order valence-corrected chi connectivity index (χ4v) is 3.34. The molecule has 0 heterocycles. The normalized spacial score (nSPS) is 15.5. The number of carbonyl (C=O) groups is 1. The smallest absolute Gasteiger partial charge is 0.162 e. The van der Waals surface area contributed by atoms with Gasteiger partial charge in [0.15, 0.2) is 5.78 Å². The first kappa shape index (κ1) is 20.4. The summed E-state index contributed by atoms with van der Waals surface area (Å²) in [5, 5.41) is 10.8. The Labute approximate surface area is 156 Å². The summed E-state index contributed by atoms with van der Waals surface area (Å²) >= 11 is 0. The molecule has 0 atom stereocenters. The van der Waals surface area contributed by atoms with Crippen molar-refractivity contribution in [2.45, 2.75) is 78.6 Å². The number of ketones is 1. The van der Waals surface area contributed by atoms with Crippen LogP contribution in [0, 0.1) is 0 Å². The van der Waals surface area contributed by atoms with Crippen LogP contribution in [-0.4, -0.2) is 10.9 Å². The van der Waals surface area contributed by atoms with Crippen molar-refractivity contribution in [2.75, 3.05) is 0 Å². The molecule has 1 N–H and O–H groups in total. The van der Waals surface area contributed by atoms with Gasteiger partial charge in [0.1, 0.15) is 11.6 Å². The van der Waals surface area contributed by atoms with Gasteiger partial charge in [-0.2, -0.15) is 0 Å². The first-order valence-corrected chi connectivity index (χ1v) is 9.26. The van der Waals surface area contributed by atoms with E-state index >= 15 is 0 Å². The molecular formula is C23H31FO2. The van der Waals surface area contributed by atoms with Crippen LogP contribution in [0.5, 0.6) is 5.75 Å². The molecule has 0 unspecified atom stereocenters. The lowest BCUT2D eigenvalue weighted by atomic mass is 9.78. The Morgan fingerprint density at radius 1 is 1.08 bits per heavy atom. The van der Waals surface area contributed by atoms with Crippen LogP contribution in [0.3, 0.4) is 0 Å². The zero-order valence-electron chi connectivity index (χ0n) is 17.1. The SMILES string of the molecule is CC1=CC(F)=C(C(=O)CCc2cc(C(C)(C)C)c(O)c(C(C)(C)C)c2)C1. The Kier molecular flexibility index (Phi) is 5.51. The number of hydrogen-bond acceptors (Lipinski definition) is 2. The summed E-state index contributed by atoms with van der Waals surface area (Å²) in [5.41, 5.74) is 3.56. The highest BCUT2D eigenvalue weighted by Gasteiger charge is 2.27. The summed E-state index contributed by atoms with van der Waals surface area (Å²) < 4.78 is 13.9. The average Bonchev–Trinajstić information content (AvgIpc) is 2.82. The standard InChI is InChI=1S/C23H31FO2/c1-14-10-16(19(24)11-14)20(25)9-8-15-12-17(22(2,3)4)21(26)18(13-15)23(5,6)7/h11-13,26H,8-10H2,1-7H3. The number of carbonyl (C=O) groups excluding carboxylic acids is 1. The zero-order valence-corrected chi connectivity index (χ0v) is 17.1. The summed E-state index contributed by atoms with van der Waals surface area (Å²) in [4.78, 5) is 12.4. The van der Waals surface area contributed by atoms with Crippen molar-refractivity contribution in [2.24, 2.45) is 0 Å². The summed E-state index contributed by atoms with van der Waals surface area (Å²) in [6, 6.07) is 3.97. The number of rotatable bonds is 4. The molecule has 0 fully saturated rings. The number of benzene rings is 1. The average molecular weight is 358 g/mol. The van der Waals surface area contributed by atoms with Gasteiger partial charge in [0.25, 0.3) is 0 Å². The third-order valence-electron chi connectivity index (χ3n) is 4.88. The van der Waals surface area contributed by atoms with Crippen LogP contribution in [0.2, 0.25) is 0 Å². The third-order valence-corrected chi connectivity index (χ3v) is 4.88. The number of phenols is 1. The largest absolute Gasteiger partial charge is 0.507 e. The summed E-state index contributed by atoms with van der Waals surface area (Å²) in [6.45, 7) is 14.2. The molecule has 2 rings (SSSR count). The van der Waals surface area contributed by atoms with Crippen LogP contribution in [-0.2, 0) is 22.0 Å². The number of hydrogen-bond donors (Lipinski definition) is 1. The highest BCUT2D eigenvalue weighted by atomic mass is 19.1. The van der Waals surface area contributed by atoms with Crippen molar-refractivity contribution in [1.29, 1.82) is 0 Å². The van der Waals surface area contributed by atoms with Crippen molar-refractivity contribution < 1.29 is 14.3 Å². The van der Waals surface area contributed by atoms with Gasteiger partial charge in [-0.05, 0) is 53.4 Å². The molecule has 0 aliphatic heterocycles. The summed E-state index contributed by atoms with van der Waals surface area (Å²) in [7, 11) is 0. The van der Waals surface area contributed by atoms with E-state index in [0.29, 0.717) is 24.2 Å². The molecule has 0 spiro atoms. The molecule has 1 aliphatic rings. The van der Waals surface area contributed by atoms with Gasteiger partial charge in [0, 0.05) is 12.0 Å². The molecule has 0 aromatic heterocycles. The molecular weight excluding hydrogens is 327 g/mol. The first-order valence-electron chi connectivity index (χ1n) is 9.26. The second kappa shape index (κ2) is 7.02. The summed E-state index contributed by atoms with van der Waals surface area (Å²) in [6.07, 6.45) is 2.69. The van der Waals surface area contributed by atoms with Crippen molar-refractivity contribution in [1.82, 2.24) is 0 Å². The molecule has 0 radical (unpaired) electrons. The Morgan fingerprint density at radius 3 is 1.96 bits per heavy atom. The predicted molar refractivity (Wildman–Crippen MR) is 105 cm³/mol. The molecule has 0 amide bonds. The third kappa shape index (κ3) is 4.44. The van der Waals surface area contributed by atoms with Gasteiger partial charge >= 0.3 is 0 Å². The second-order valence-electron chi connectivity index (χ2n) is 9.46. The summed E-state index contributed by atoms with van der Waals surface area (Å²) in [5.74, 6) is -0.174. The second-order valence-corrected chi connectivity index (χ2v) is 9.46. The molecule has 26 heavy (non-hydrogen) atoms. The van der Waals surface area contributed by atoms with E-state index in [1.165, 1.54) is 6.08 Å². The van der Waals surface area contributed by atoms with Crippen LogP contribution in [0.25, 0.3) is 0 Å². The van der Waals surface area contributed by atoms with E-state index in [1.54, 1.807) is 0 Å². The van der Waals surface area contributed by atoms with Crippen LogP contribution in [0.4, 0.5) is 4.39 Å². The monoisotopic (exact) mass is 358 g/mol. The molecule has 142 valence electrons. The van der Waals surface area contributed by atoms with Gasteiger partial charge in [-0.15, -0.1) is 0 Å². The number of aryl methyl sites for hydroxylation is 1. The van der Waals surface area contributed by atoms with E-state index < -0.39 is 0 Å². The van der Waals surface area contributed by atoms with Crippen molar-refractivity contribution in [3.8, 4) is 5.75 Å². The van der Waals surface area contributed by atoms with Crippen LogP contribution in [0.15, 0.2) is 35.2 Å². The number of phenolic OH excluding ortho intramolecular Hbond substituents is 1. The number of Topliss-reactive ketones (excluding diaryl/α,β-unsaturated/α-hetero) is 1. The number of halogens is 1. The van der Waals surface area contributed by atoms with Gasteiger partial charge in [-0.3, -0.25) is 4.79 Å². The highest BCUT2D eigenvalue weighted by Crippen LogP contribution is 2.40. The topological polar surface area (TPSA) is 37.3 Å². The molecule has 3 heteroatoms. The fourth-order valence-electron chi connectivity index (χ4n) is 3.34. The zero-order chi connectivity index (χ0) is 19.9. The highest BCUT2D eigenvalue weighted by molar-refractivity contribution is 5.97. The van der Waals surface area contributed by atoms with Crippen LogP contribution >= 0.6 is 0 Å². The maximum absolute atomic E-state index is 13.9. The number of allylic oxidation sites excluding steroid dienone is 4. The molecule has 0 bridgehead atoms. The van der Waals surface area contributed by atoms with Gasteiger partial charge in [0.2, 0.25) is 0 Å². The lowest BCUT2D eigenvalue weighted by molar-refractivity contribution is -0.115. The fraction of sp³-hybridized carbons (Fsp3) is 0.522. The lowest BCUT2D eigenvalue weighted by Crippen LogP contribution is -2.18. The predicted octanol–water partition coefficient (Wildman–Crippen LogP) is 6.06. The Hall–Kier alpha value is -1.90. The minimum absolute atomic E-state index is 0.127. The minimum Gasteiger partial charge on any atom is -0.507 e. The van der Waals surface area contributed by atoms with Gasteiger partial charge < -0.3 is 5.11 Å². The van der Waals surface area contributed by atoms with Crippen molar-refractivity contribution >= 4 is 5.78 Å². The Bertz CT molecular complexity index is 748. The maximum Gasteiger partial charge on any atom is 0.162 e. The van der Waals surface area contributed by atoms with Crippen molar-refractivity contribution in [3.05, 3.63) is 51.9 Å². The minimum atomic E-state index is -0.385. The molecule has 1 aromatic rings. The molecule has 2 nitrogen and oxygen atoms in total. The molecule has 1 aliphatic carbocycles. The lowest BCUT2D eigenvalue weighted by Gasteiger charge is -2.28. The van der Waals surface area contributed by atoms with E-state index in [0.717, 1.165) is 22.3 Å². The Balaban J connectivity index is 2.30. The molecule has 0 saturated heterocycles. The van der Waals surface area contributed by atoms with Crippen LogP contribution in [0.1, 0.15) is 78.0 Å². The van der Waals surface area contributed by atoms with Gasteiger partial charge in [-0.1, -0.05) is 59.2 Å². The van der Waals surface area contributed by atoms with Gasteiger partial charge in [-0.25, -0.2) is 4.39 Å². The number of aromatic hydroxyl groups is 1. The van der Waals surface area contributed by atoms with E-state index in [2.05, 4.69) is 41.5 Å². The van der Waals surface area contributed by atoms with Crippen molar-refractivity contribution in [3.63, 3.8) is 0 Å².